The Morgan fingerprint density at radius 3 is 2.64 bits per heavy atom. The minimum absolute atomic E-state index is 0.511. The van der Waals surface area contributed by atoms with E-state index in [0.717, 1.165) is 12.1 Å². The summed E-state index contributed by atoms with van der Waals surface area (Å²) >= 11 is 0. The van der Waals surface area contributed by atoms with Crippen molar-refractivity contribution in [1.82, 2.24) is 4.98 Å². The van der Waals surface area contributed by atoms with Crippen molar-refractivity contribution in [2.45, 2.75) is 26.2 Å². The Hall–Kier alpha value is -1.37. The number of hydrogen-bond acceptors (Lipinski definition) is 1. The Labute approximate surface area is 85.2 Å². The fourth-order valence-electron chi connectivity index (χ4n) is 1.59. The average Bonchev–Trinajstić information content (AvgIpc) is 2.71. The van der Waals surface area contributed by atoms with Crippen molar-refractivity contribution in [3.05, 3.63) is 47.8 Å². The zero-order valence-corrected chi connectivity index (χ0v) is 8.70. The molecule has 14 heavy (non-hydrogen) atoms. The third kappa shape index (κ3) is 1.77. The van der Waals surface area contributed by atoms with E-state index < -0.39 is 0 Å². The molecule has 1 aromatic heterocycles. The van der Waals surface area contributed by atoms with Crippen LogP contribution in [0.15, 0.2) is 36.6 Å². The quantitative estimate of drug-likeness (QED) is 0.686. The Morgan fingerprint density at radius 1 is 1.29 bits per heavy atom. The summed E-state index contributed by atoms with van der Waals surface area (Å²) in [6.45, 7) is 4.33. The summed E-state index contributed by atoms with van der Waals surface area (Å²) in [7, 11) is 0. The maximum Gasteiger partial charge on any atom is 0.0429 e. The molecule has 0 aromatic carbocycles. The van der Waals surface area contributed by atoms with E-state index in [1.165, 1.54) is 11.1 Å². The highest BCUT2D eigenvalue weighted by Gasteiger charge is 2.04. The molecule has 1 nitrogen and oxygen atoms in total. The highest BCUT2D eigenvalue weighted by atomic mass is 14.7. The Morgan fingerprint density at radius 2 is 2.14 bits per heavy atom. The molecule has 0 atom stereocenters. The molecule has 1 heteroatoms. The number of allylic oxidation sites excluding steroid dienone is 4. The molecule has 0 aliphatic heterocycles. The molecular formula is C13H15N. The Bertz CT molecular complexity index is 369. The average molecular weight is 185 g/mol. The lowest BCUT2D eigenvalue weighted by atomic mass is 10.1. The molecule has 0 N–H and O–H groups in total. The molecular weight excluding hydrogens is 170 g/mol. The van der Waals surface area contributed by atoms with Gasteiger partial charge in [0, 0.05) is 11.9 Å². The van der Waals surface area contributed by atoms with Gasteiger partial charge in [-0.15, -0.1) is 0 Å². The van der Waals surface area contributed by atoms with Crippen LogP contribution in [0.3, 0.4) is 0 Å². The van der Waals surface area contributed by atoms with Crippen LogP contribution in [0.25, 0.3) is 5.57 Å². The van der Waals surface area contributed by atoms with Gasteiger partial charge in [-0.2, -0.15) is 0 Å². The third-order valence-electron chi connectivity index (χ3n) is 2.48. The van der Waals surface area contributed by atoms with Gasteiger partial charge in [-0.1, -0.05) is 38.1 Å². The van der Waals surface area contributed by atoms with Crippen molar-refractivity contribution < 1.29 is 0 Å². The van der Waals surface area contributed by atoms with Crippen LogP contribution in [0, 0.1) is 0 Å². The van der Waals surface area contributed by atoms with Gasteiger partial charge >= 0.3 is 0 Å². The minimum Gasteiger partial charge on any atom is -0.260 e. The van der Waals surface area contributed by atoms with Crippen molar-refractivity contribution >= 4 is 5.57 Å². The molecule has 1 aliphatic carbocycles. The molecule has 0 saturated heterocycles. The Kier molecular flexibility index (Phi) is 2.49. The van der Waals surface area contributed by atoms with Crippen molar-refractivity contribution in [2.75, 3.05) is 0 Å². The van der Waals surface area contributed by atoms with Gasteiger partial charge in [0.05, 0.1) is 0 Å². The van der Waals surface area contributed by atoms with Crippen LogP contribution in [-0.2, 0) is 0 Å². The van der Waals surface area contributed by atoms with Gasteiger partial charge in [-0.05, 0) is 29.5 Å². The molecule has 2 rings (SSSR count). The molecule has 0 saturated carbocycles. The van der Waals surface area contributed by atoms with Crippen molar-refractivity contribution in [2.24, 2.45) is 0 Å². The van der Waals surface area contributed by atoms with Crippen LogP contribution in [0.1, 0.15) is 37.4 Å². The second-order valence-corrected chi connectivity index (χ2v) is 3.92. The predicted octanol–water partition coefficient (Wildman–Crippen LogP) is 3.55. The van der Waals surface area contributed by atoms with E-state index in [0.29, 0.717) is 5.92 Å². The largest absolute Gasteiger partial charge is 0.260 e. The van der Waals surface area contributed by atoms with E-state index in [9.17, 15) is 0 Å². The van der Waals surface area contributed by atoms with Crippen LogP contribution in [0.4, 0.5) is 0 Å². The van der Waals surface area contributed by atoms with E-state index in [1.807, 2.05) is 6.20 Å². The molecule has 0 amide bonds. The van der Waals surface area contributed by atoms with Gasteiger partial charge in [-0.3, -0.25) is 4.98 Å². The number of pyridine rings is 1. The predicted molar refractivity (Wildman–Crippen MR) is 60.1 cm³/mol. The Balaban J connectivity index is 2.26. The summed E-state index contributed by atoms with van der Waals surface area (Å²) in [5.74, 6) is 0.511. The number of hydrogen-bond donors (Lipinski definition) is 0. The standard InChI is InChI=1S/C13H15N/c1-10(2)13-8-7-12(9-14-13)11-5-3-4-6-11/h3,5-10H,4H2,1-2H3. The normalized spacial score (nSPS) is 14.9. The number of rotatable bonds is 2. The van der Waals surface area contributed by atoms with Gasteiger partial charge in [0.25, 0.3) is 0 Å². The van der Waals surface area contributed by atoms with E-state index >= 15 is 0 Å². The fraction of sp³-hybridized carbons (Fsp3) is 0.308. The van der Waals surface area contributed by atoms with Crippen LogP contribution in [0.5, 0.6) is 0 Å². The summed E-state index contributed by atoms with van der Waals surface area (Å²) in [5, 5.41) is 0. The second kappa shape index (κ2) is 3.79. The number of aromatic nitrogens is 1. The smallest absolute Gasteiger partial charge is 0.0429 e. The first-order valence-corrected chi connectivity index (χ1v) is 5.10. The maximum atomic E-state index is 4.45. The second-order valence-electron chi connectivity index (χ2n) is 3.92. The molecule has 1 aromatic rings. The van der Waals surface area contributed by atoms with E-state index in [-0.39, 0.29) is 0 Å². The molecule has 0 spiro atoms. The summed E-state index contributed by atoms with van der Waals surface area (Å²) < 4.78 is 0. The maximum absolute atomic E-state index is 4.45. The monoisotopic (exact) mass is 185 g/mol. The van der Waals surface area contributed by atoms with Gasteiger partial charge in [0.2, 0.25) is 0 Å². The first kappa shape index (κ1) is 9.20. The van der Waals surface area contributed by atoms with Crippen LogP contribution in [0.2, 0.25) is 0 Å². The lowest BCUT2D eigenvalue weighted by Crippen LogP contribution is -1.92. The van der Waals surface area contributed by atoms with Crippen LogP contribution >= 0.6 is 0 Å². The van der Waals surface area contributed by atoms with Crippen molar-refractivity contribution in [3.63, 3.8) is 0 Å². The summed E-state index contributed by atoms with van der Waals surface area (Å²) in [6.07, 6.45) is 9.59. The topological polar surface area (TPSA) is 12.9 Å². The zero-order valence-electron chi connectivity index (χ0n) is 8.70. The molecule has 1 heterocycles. The summed E-state index contributed by atoms with van der Waals surface area (Å²) in [5.41, 5.74) is 3.69. The fourth-order valence-corrected chi connectivity index (χ4v) is 1.59. The lowest BCUT2D eigenvalue weighted by molar-refractivity contribution is 0.822. The third-order valence-corrected chi connectivity index (χ3v) is 2.48. The van der Waals surface area contributed by atoms with Crippen LogP contribution < -0.4 is 0 Å². The molecule has 0 fully saturated rings. The molecule has 1 aliphatic rings. The molecule has 72 valence electrons. The summed E-state index contributed by atoms with van der Waals surface area (Å²) in [6, 6.07) is 4.27. The molecule has 0 radical (unpaired) electrons. The van der Waals surface area contributed by atoms with Gasteiger partial charge < -0.3 is 0 Å². The molecule has 0 unspecified atom stereocenters. The first-order valence-electron chi connectivity index (χ1n) is 5.10. The lowest BCUT2D eigenvalue weighted by Gasteiger charge is -2.05. The SMILES string of the molecule is CC(C)c1ccc(C2=CCC=C2)cn1. The van der Waals surface area contributed by atoms with Crippen LogP contribution in [-0.4, -0.2) is 4.98 Å². The first-order chi connectivity index (χ1) is 6.77. The van der Waals surface area contributed by atoms with Gasteiger partial charge in [-0.25, -0.2) is 0 Å². The van der Waals surface area contributed by atoms with Gasteiger partial charge in [0.1, 0.15) is 0 Å². The zero-order chi connectivity index (χ0) is 9.97. The highest BCUT2D eigenvalue weighted by Crippen LogP contribution is 2.22. The summed E-state index contributed by atoms with van der Waals surface area (Å²) in [4.78, 5) is 4.45. The molecule has 0 bridgehead atoms. The minimum atomic E-state index is 0.511. The van der Waals surface area contributed by atoms with Crippen molar-refractivity contribution in [3.8, 4) is 0 Å². The van der Waals surface area contributed by atoms with E-state index in [4.69, 9.17) is 0 Å². The van der Waals surface area contributed by atoms with Crippen molar-refractivity contribution in [1.29, 1.82) is 0 Å². The highest BCUT2D eigenvalue weighted by molar-refractivity contribution is 5.75. The van der Waals surface area contributed by atoms with E-state index in [2.05, 4.69) is 49.2 Å². The number of nitrogens with zero attached hydrogens (tertiary/aromatic N) is 1. The van der Waals surface area contributed by atoms with Gasteiger partial charge in [0.15, 0.2) is 0 Å². The van der Waals surface area contributed by atoms with E-state index in [1.54, 1.807) is 0 Å².